The molecule has 0 spiro atoms. The van der Waals surface area contributed by atoms with Gasteiger partial charge in [-0.05, 0) is 93.9 Å². The fourth-order valence-electron chi connectivity index (χ4n) is 6.33. The molecule has 0 aliphatic rings. The van der Waals surface area contributed by atoms with Crippen molar-refractivity contribution in [3.05, 3.63) is 194 Å². The highest BCUT2D eigenvalue weighted by atomic mass is 15.0. The molecule has 0 saturated carbocycles. The van der Waals surface area contributed by atoms with Gasteiger partial charge in [0.15, 0.2) is 0 Å². The van der Waals surface area contributed by atoms with E-state index in [2.05, 4.69) is 0 Å². The number of rotatable bonds is 5. The molecule has 0 aliphatic heterocycles. The Morgan fingerprint density at radius 1 is 0.320 bits per heavy atom. The van der Waals surface area contributed by atoms with Gasteiger partial charge in [0.05, 0.1) is 49.5 Å². The lowest BCUT2D eigenvalue weighted by atomic mass is 10.0. The first-order valence-corrected chi connectivity index (χ1v) is 15.5. The van der Waals surface area contributed by atoms with E-state index in [1.807, 2.05) is 0 Å². The second kappa shape index (κ2) is 11.5. The Hall–Kier alpha value is -6.64. The van der Waals surface area contributed by atoms with E-state index in [1.54, 1.807) is 30.3 Å². The molecule has 0 saturated heterocycles. The third-order valence-corrected chi connectivity index (χ3v) is 8.57. The lowest BCUT2D eigenvalue weighted by molar-refractivity contribution is 1.18. The Morgan fingerprint density at radius 3 is 1.40 bits per heavy atom. The number of benzene rings is 8. The summed E-state index contributed by atoms with van der Waals surface area (Å²) < 4.78 is 181. The highest BCUT2D eigenvalue weighted by Crippen LogP contribution is 2.39. The smallest absolute Gasteiger partial charge is 0.0645 e. The first-order chi connectivity index (χ1) is 33.1. The average Bonchev–Trinajstić information content (AvgIpc) is 3.87. The summed E-state index contributed by atoms with van der Waals surface area (Å²) in [5, 5.41) is -0.972. The van der Waals surface area contributed by atoms with Crippen LogP contribution in [0.25, 0.3) is 88.4 Å². The standard InChI is InChI=1S/C48H32N2/c1-3-12-33(13-4-1)35-22-26-39(27-23-35)49-45-20-9-7-18-41(45)43-31-37(24-28-47(43)49)38-25-29-48-44(32-38)42-19-8-10-21-46(42)50(48)40-17-11-16-36(30-40)34-14-5-2-6-15-34/h1-32H/i1D,2D,7D,8D,9D,10D,12D,13D,14D,15D,18D,19D,20D,21D,24D,25D,28D,29D,31D,32D. The second-order valence-corrected chi connectivity index (χ2v) is 11.4. The molecule has 0 fully saturated rings. The highest BCUT2D eigenvalue weighted by Gasteiger charge is 2.16. The van der Waals surface area contributed by atoms with Gasteiger partial charge in [0.25, 0.3) is 0 Å². The zero-order chi connectivity index (χ0) is 50.4. The van der Waals surface area contributed by atoms with Gasteiger partial charge in [-0.3, -0.25) is 0 Å². The van der Waals surface area contributed by atoms with Crippen LogP contribution in [0.5, 0.6) is 0 Å². The number of hydrogen-bond acceptors (Lipinski definition) is 0. The van der Waals surface area contributed by atoms with Crippen molar-refractivity contribution in [2.45, 2.75) is 0 Å². The van der Waals surface area contributed by atoms with Crippen molar-refractivity contribution < 1.29 is 27.4 Å². The lowest BCUT2D eigenvalue weighted by Crippen LogP contribution is -1.94. The van der Waals surface area contributed by atoms with Gasteiger partial charge in [-0.2, -0.15) is 0 Å². The summed E-state index contributed by atoms with van der Waals surface area (Å²) >= 11 is 0. The molecule has 2 nitrogen and oxygen atoms in total. The molecular weight excluding hydrogens is 605 g/mol. The van der Waals surface area contributed by atoms with E-state index in [-0.39, 0.29) is 102 Å². The predicted molar refractivity (Wildman–Crippen MR) is 211 cm³/mol. The van der Waals surface area contributed by atoms with Crippen LogP contribution in [0.3, 0.4) is 0 Å². The zero-order valence-corrected chi connectivity index (χ0v) is 25.8. The van der Waals surface area contributed by atoms with Gasteiger partial charge in [0.1, 0.15) is 0 Å². The Morgan fingerprint density at radius 2 is 0.820 bits per heavy atom. The highest BCUT2D eigenvalue weighted by molar-refractivity contribution is 6.12. The predicted octanol–water partition coefficient (Wildman–Crippen LogP) is 12.9. The molecule has 2 heteroatoms. The van der Waals surface area contributed by atoms with Crippen molar-refractivity contribution >= 4 is 43.6 Å². The summed E-state index contributed by atoms with van der Waals surface area (Å²) in [7, 11) is 0. The third kappa shape index (κ3) is 4.57. The molecule has 0 amide bonds. The SMILES string of the molecule is [2H]c1cc([2H])c(-c2ccc(-n3c4c([2H])c([2H])c([2H])c([2H])c4c4c([2H])c(-c5c([2H])c([2H])c6c(c5[2H])c5c([2H])c([2H])c([2H])c([2H])c5n6-c5cccc(-c6c([2H])cc([2H])cc6[2H])c5)c([2H])c([2H])c43)cc2)c([2H])c1. The zero-order valence-electron chi connectivity index (χ0n) is 45.8. The molecule has 10 aromatic rings. The van der Waals surface area contributed by atoms with E-state index in [4.69, 9.17) is 19.2 Å². The van der Waals surface area contributed by atoms with Crippen molar-refractivity contribution in [2.24, 2.45) is 0 Å². The molecule has 50 heavy (non-hydrogen) atoms. The molecule has 10 rings (SSSR count). The third-order valence-electron chi connectivity index (χ3n) is 8.57. The summed E-state index contributed by atoms with van der Waals surface area (Å²) in [6.07, 6.45) is 0. The summed E-state index contributed by atoms with van der Waals surface area (Å²) in [4.78, 5) is 0. The van der Waals surface area contributed by atoms with Crippen LogP contribution in [0.1, 0.15) is 27.4 Å². The van der Waals surface area contributed by atoms with Crippen LogP contribution in [0, 0.1) is 0 Å². The van der Waals surface area contributed by atoms with E-state index in [0.29, 0.717) is 11.1 Å². The van der Waals surface area contributed by atoms with Crippen LogP contribution in [-0.4, -0.2) is 9.13 Å². The van der Waals surface area contributed by atoms with Crippen LogP contribution in [0.4, 0.5) is 0 Å². The Labute approximate surface area is 318 Å². The average molecular weight is 657 g/mol. The van der Waals surface area contributed by atoms with Crippen LogP contribution < -0.4 is 0 Å². The molecule has 0 N–H and O–H groups in total. The fraction of sp³-hybridized carbons (Fsp3) is 0. The van der Waals surface area contributed by atoms with E-state index >= 15 is 0 Å². The lowest BCUT2D eigenvalue weighted by Gasteiger charge is -2.11. The maximum Gasteiger partial charge on any atom is 0.0645 e. The molecule has 2 heterocycles. The molecule has 0 atom stereocenters. The van der Waals surface area contributed by atoms with Crippen molar-refractivity contribution in [3.63, 3.8) is 0 Å². The molecule has 0 radical (unpaired) electrons. The van der Waals surface area contributed by atoms with Gasteiger partial charge in [-0.15, -0.1) is 0 Å². The van der Waals surface area contributed by atoms with Gasteiger partial charge in [0, 0.05) is 32.9 Å². The maximum atomic E-state index is 9.83. The summed E-state index contributed by atoms with van der Waals surface area (Å²) in [6.45, 7) is 0. The summed E-state index contributed by atoms with van der Waals surface area (Å²) in [5.41, 5.74) is -0.384. The minimum Gasteiger partial charge on any atom is -0.309 e. The number of nitrogens with zero attached hydrogens (tertiary/aromatic N) is 2. The van der Waals surface area contributed by atoms with Gasteiger partial charge < -0.3 is 9.13 Å². The molecule has 234 valence electrons. The maximum absolute atomic E-state index is 9.83. The van der Waals surface area contributed by atoms with Crippen molar-refractivity contribution in [3.8, 4) is 44.8 Å². The van der Waals surface area contributed by atoms with E-state index in [1.165, 1.54) is 51.6 Å². The first-order valence-electron chi connectivity index (χ1n) is 25.5. The van der Waals surface area contributed by atoms with Gasteiger partial charge in [-0.25, -0.2) is 0 Å². The first kappa shape index (κ1) is 14.9. The molecule has 8 aromatic carbocycles. The summed E-state index contributed by atoms with van der Waals surface area (Å²) in [5.74, 6) is 0. The number of hydrogen-bond donors (Lipinski definition) is 0. The van der Waals surface area contributed by atoms with Crippen LogP contribution >= 0.6 is 0 Å². The fourth-order valence-corrected chi connectivity index (χ4v) is 6.33. The molecule has 0 bridgehead atoms. The Bertz CT molecular complexity index is 3960. The minimum atomic E-state index is -0.733. The number of para-hydroxylation sites is 2. The normalized spacial score (nSPS) is 17.2. The quantitative estimate of drug-likeness (QED) is 0.174. The molecule has 0 aliphatic carbocycles. The van der Waals surface area contributed by atoms with E-state index in [9.17, 15) is 8.22 Å². The monoisotopic (exact) mass is 656 g/mol. The molecule has 2 aromatic heterocycles. The largest absolute Gasteiger partial charge is 0.309 e. The molecule has 0 unspecified atom stereocenters. The molecular formula is C48H32N2. The van der Waals surface area contributed by atoms with Gasteiger partial charge >= 0.3 is 0 Å². The van der Waals surface area contributed by atoms with Crippen LogP contribution in [-0.2, 0) is 0 Å². The van der Waals surface area contributed by atoms with Gasteiger partial charge in [0.2, 0.25) is 0 Å². The number of fused-ring (bicyclic) bond motifs is 6. The van der Waals surface area contributed by atoms with Crippen LogP contribution in [0.2, 0.25) is 0 Å². The second-order valence-electron chi connectivity index (χ2n) is 11.4. The minimum absolute atomic E-state index is 0.0213. The van der Waals surface area contributed by atoms with Crippen molar-refractivity contribution in [1.82, 2.24) is 9.13 Å². The number of aromatic nitrogens is 2. The van der Waals surface area contributed by atoms with E-state index in [0.717, 1.165) is 0 Å². The van der Waals surface area contributed by atoms with Crippen molar-refractivity contribution in [1.29, 1.82) is 0 Å². The summed E-state index contributed by atoms with van der Waals surface area (Å²) in [6, 6.07) is 7.98. The Balaban J connectivity index is 1.30. The van der Waals surface area contributed by atoms with Crippen molar-refractivity contribution in [2.75, 3.05) is 0 Å². The van der Waals surface area contributed by atoms with Crippen LogP contribution in [0.15, 0.2) is 194 Å². The topological polar surface area (TPSA) is 9.86 Å². The van der Waals surface area contributed by atoms with Gasteiger partial charge in [-0.1, -0.05) is 133 Å². The van der Waals surface area contributed by atoms with E-state index < -0.39 is 95.7 Å². The Kier molecular flexibility index (Phi) is 3.42.